The van der Waals surface area contributed by atoms with Crippen molar-refractivity contribution in [3.05, 3.63) is 65.6 Å². The molecule has 0 radical (unpaired) electrons. The van der Waals surface area contributed by atoms with E-state index in [0.29, 0.717) is 35.3 Å². The van der Waals surface area contributed by atoms with Crippen LogP contribution in [0.15, 0.2) is 65.2 Å². The predicted molar refractivity (Wildman–Crippen MR) is 141 cm³/mol. The average Bonchev–Trinajstić information content (AvgIpc) is 3.61. The monoisotopic (exact) mass is 534 g/mol. The van der Waals surface area contributed by atoms with Gasteiger partial charge in [0.15, 0.2) is 23.0 Å². The maximum atomic E-state index is 13.1. The Hall–Kier alpha value is -4.34. The summed E-state index contributed by atoms with van der Waals surface area (Å²) in [5, 5.41) is 17.6. The second kappa shape index (κ2) is 9.76. The van der Waals surface area contributed by atoms with Crippen LogP contribution in [-0.4, -0.2) is 58.6 Å². The fourth-order valence-electron chi connectivity index (χ4n) is 6.32. The fourth-order valence-corrected chi connectivity index (χ4v) is 6.32. The van der Waals surface area contributed by atoms with Gasteiger partial charge < -0.3 is 33.5 Å². The molecule has 204 valence electrons. The second-order valence-corrected chi connectivity index (χ2v) is 9.83. The van der Waals surface area contributed by atoms with Crippen LogP contribution in [0.25, 0.3) is 0 Å². The maximum absolute atomic E-state index is 13.1. The molecule has 1 saturated heterocycles. The van der Waals surface area contributed by atoms with Gasteiger partial charge in [-0.25, -0.2) is 0 Å². The zero-order valence-corrected chi connectivity index (χ0v) is 22.1. The van der Waals surface area contributed by atoms with Gasteiger partial charge in [0, 0.05) is 23.7 Å². The number of fused-ring (bicyclic) bond motifs is 4. The number of nitrogens with zero attached hydrogens (tertiary/aromatic N) is 2. The molecule has 2 unspecified atom stereocenters. The maximum Gasteiger partial charge on any atom is 0.307 e. The molecule has 39 heavy (non-hydrogen) atoms. The minimum Gasteiger partial charge on any atom is -0.497 e. The van der Waals surface area contributed by atoms with Crippen molar-refractivity contribution in [2.75, 3.05) is 46.8 Å². The summed E-state index contributed by atoms with van der Waals surface area (Å²) in [7, 11) is 6.26. The Morgan fingerprint density at radius 1 is 0.949 bits per heavy atom. The summed E-state index contributed by atoms with van der Waals surface area (Å²) < 4.78 is 33.5. The van der Waals surface area contributed by atoms with Gasteiger partial charge in [-0.15, -0.1) is 0 Å². The van der Waals surface area contributed by atoms with Crippen LogP contribution in [0.2, 0.25) is 0 Å². The lowest BCUT2D eigenvalue weighted by Gasteiger charge is -2.44. The lowest BCUT2D eigenvalue weighted by Crippen LogP contribution is -2.48. The van der Waals surface area contributed by atoms with Crippen LogP contribution in [0.4, 0.5) is 5.69 Å². The Balaban J connectivity index is 1.49. The minimum absolute atomic E-state index is 0.127. The Morgan fingerprint density at radius 3 is 2.21 bits per heavy atom. The molecule has 10 nitrogen and oxygen atoms in total. The second-order valence-electron chi connectivity index (χ2n) is 9.83. The van der Waals surface area contributed by atoms with Crippen LogP contribution in [0.3, 0.4) is 0 Å². The number of allylic oxidation sites excluding steroid dienone is 2. The number of aliphatic carboxylic acids is 1. The Bertz CT molecular complexity index is 1360. The molecule has 2 fully saturated rings. The molecular weight excluding hydrogens is 504 g/mol. The molecule has 2 aliphatic carbocycles. The molecule has 6 rings (SSSR count). The van der Waals surface area contributed by atoms with Gasteiger partial charge in [-0.05, 0) is 54.1 Å². The number of hydrazone groups is 1. The highest BCUT2D eigenvalue weighted by molar-refractivity contribution is 5.99. The van der Waals surface area contributed by atoms with E-state index in [1.54, 1.807) is 28.4 Å². The zero-order chi connectivity index (χ0) is 27.3. The van der Waals surface area contributed by atoms with E-state index in [9.17, 15) is 9.90 Å². The summed E-state index contributed by atoms with van der Waals surface area (Å²) in [5.74, 6) is 0.550. The summed E-state index contributed by atoms with van der Waals surface area (Å²) in [6, 6.07) is 11.3. The first-order valence-corrected chi connectivity index (χ1v) is 12.7. The quantitative estimate of drug-likeness (QED) is 0.563. The highest BCUT2D eigenvalue weighted by atomic mass is 16.7. The number of methoxy groups -OCH3 is 4. The van der Waals surface area contributed by atoms with Crippen LogP contribution >= 0.6 is 0 Å². The highest BCUT2D eigenvalue weighted by Crippen LogP contribution is 2.54. The van der Waals surface area contributed by atoms with E-state index in [2.05, 4.69) is 0 Å². The van der Waals surface area contributed by atoms with Crippen molar-refractivity contribution in [1.29, 1.82) is 0 Å². The van der Waals surface area contributed by atoms with E-state index in [4.69, 9.17) is 33.5 Å². The molecule has 0 bridgehead atoms. The number of carboxylic acids is 1. The van der Waals surface area contributed by atoms with Crippen LogP contribution in [0.5, 0.6) is 23.0 Å². The zero-order valence-electron chi connectivity index (χ0n) is 22.1. The van der Waals surface area contributed by atoms with E-state index in [-0.39, 0.29) is 24.5 Å². The van der Waals surface area contributed by atoms with Crippen molar-refractivity contribution < 1.29 is 38.3 Å². The standard InChI is InChI=1S/C29H30N2O8/c1-34-17-7-5-16(6-8-17)31-13-20-26(29(32)33)25(15-9-23(35-2)28(37-4)24(10-15)36-3)18-11-21-22(39-14-38-21)12-19(18)27(20)30-31/h5-12,18-20,25-26H,13-14H2,1-4H3,(H,32,33)/t18?,19?,20-,25+,26-/m0/s1. The smallest absolute Gasteiger partial charge is 0.307 e. The van der Waals surface area contributed by atoms with E-state index >= 15 is 0 Å². The van der Waals surface area contributed by atoms with Gasteiger partial charge in [0.2, 0.25) is 12.5 Å². The van der Waals surface area contributed by atoms with Gasteiger partial charge in [-0.3, -0.25) is 9.80 Å². The average molecular weight is 535 g/mol. The van der Waals surface area contributed by atoms with Crippen LogP contribution in [0.1, 0.15) is 11.5 Å². The third-order valence-electron chi connectivity index (χ3n) is 8.05. The minimum atomic E-state index is -0.891. The van der Waals surface area contributed by atoms with Crippen molar-refractivity contribution in [1.82, 2.24) is 0 Å². The van der Waals surface area contributed by atoms with Crippen molar-refractivity contribution in [3.63, 3.8) is 0 Å². The fraction of sp³-hybridized carbons (Fsp3) is 0.379. The highest BCUT2D eigenvalue weighted by Gasteiger charge is 2.55. The molecule has 4 aliphatic rings. The number of hydrogen-bond donors (Lipinski definition) is 1. The van der Waals surface area contributed by atoms with Gasteiger partial charge in [0.25, 0.3) is 0 Å². The Labute approximate surface area is 226 Å². The van der Waals surface area contributed by atoms with Gasteiger partial charge >= 0.3 is 5.97 Å². The normalized spacial score (nSPS) is 26.5. The summed E-state index contributed by atoms with van der Waals surface area (Å²) in [4.78, 5) is 13.1. The summed E-state index contributed by atoms with van der Waals surface area (Å²) in [5.41, 5.74) is 2.47. The topological polar surface area (TPSA) is 108 Å². The van der Waals surface area contributed by atoms with E-state index in [1.807, 2.05) is 53.6 Å². The number of ether oxygens (including phenoxy) is 6. The van der Waals surface area contributed by atoms with E-state index in [1.165, 1.54) is 0 Å². The van der Waals surface area contributed by atoms with Crippen LogP contribution in [0, 0.1) is 23.7 Å². The molecule has 0 aromatic heterocycles. The van der Waals surface area contributed by atoms with Crippen molar-refractivity contribution in [3.8, 4) is 23.0 Å². The molecular formula is C29H30N2O8. The van der Waals surface area contributed by atoms with Gasteiger partial charge in [0.05, 0.1) is 52.3 Å². The van der Waals surface area contributed by atoms with Gasteiger partial charge in [-0.2, -0.15) is 5.10 Å². The Morgan fingerprint density at radius 2 is 1.62 bits per heavy atom. The lowest BCUT2D eigenvalue weighted by atomic mass is 9.58. The predicted octanol–water partition coefficient (Wildman–Crippen LogP) is 4.03. The van der Waals surface area contributed by atoms with E-state index < -0.39 is 17.8 Å². The molecule has 2 aromatic carbocycles. The molecule has 1 saturated carbocycles. The summed E-state index contributed by atoms with van der Waals surface area (Å²) >= 11 is 0. The molecule has 2 heterocycles. The third kappa shape index (κ3) is 4.02. The van der Waals surface area contributed by atoms with Crippen molar-refractivity contribution in [2.24, 2.45) is 28.8 Å². The molecule has 1 N–H and O–H groups in total. The first kappa shape index (κ1) is 25.0. The van der Waals surface area contributed by atoms with Crippen molar-refractivity contribution >= 4 is 17.4 Å². The first-order valence-electron chi connectivity index (χ1n) is 12.7. The number of carboxylic acid groups (broad SMARTS) is 1. The molecule has 5 atom stereocenters. The lowest BCUT2D eigenvalue weighted by molar-refractivity contribution is -0.144. The SMILES string of the molecule is COc1ccc(N2C[C@@H]3C(=N2)C2C=C4OCOC4=CC2[C@@H](c2cc(OC)c(OC)c(OC)c2)[C@H]3C(=O)O)cc1. The molecule has 10 heteroatoms. The summed E-state index contributed by atoms with van der Waals surface area (Å²) in [6.07, 6.45) is 4.02. The van der Waals surface area contributed by atoms with Crippen LogP contribution < -0.4 is 24.0 Å². The molecule has 0 amide bonds. The summed E-state index contributed by atoms with van der Waals surface area (Å²) in [6.45, 7) is 0.558. The van der Waals surface area contributed by atoms with Crippen LogP contribution in [-0.2, 0) is 14.3 Å². The molecule has 2 aliphatic heterocycles. The van der Waals surface area contributed by atoms with Gasteiger partial charge in [0.1, 0.15) is 5.75 Å². The number of carbonyl (C=O) groups is 1. The number of rotatable bonds is 7. The number of benzene rings is 2. The molecule has 2 aromatic rings. The van der Waals surface area contributed by atoms with E-state index in [0.717, 1.165) is 22.7 Å². The van der Waals surface area contributed by atoms with Crippen molar-refractivity contribution in [2.45, 2.75) is 5.92 Å². The van der Waals surface area contributed by atoms with Gasteiger partial charge in [-0.1, -0.05) is 0 Å². The largest absolute Gasteiger partial charge is 0.497 e. The third-order valence-corrected chi connectivity index (χ3v) is 8.05. The number of hydrogen-bond acceptors (Lipinski definition) is 9. The first-order chi connectivity index (χ1) is 19.0. The number of anilines is 1. The molecule has 0 spiro atoms. The Kier molecular flexibility index (Phi) is 6.25.